The highest BCUT2D eigenvalue weighted by Gasteiger charge is 2.35. The Morgan fingerprint density at radius 1 is 0.562 bits per heavy atom. The molecule has 0 amide bonds. The molecule has 0 aromatic heterocycles. The van der Waals surface area contributed by atoms with E-state index in [-0.39, 0.29) is 77.8 Å². The standard InChI is InChI=1S/C24H56N12O10S2/c37-10-6-35(7-11-38)23-31-19(25-4-14-47(41,42)43)29-21(33-23)27-17-2-1-3-18(16-17)28-22-30-20(26-5-15-48(44,45)46)32-24(34-22)36(8-12-39)9-13-40/h17-34,37-40H,1-16H2,(H,41,42,43)(H,44,45,46). The first-order chi connectivity index (χ1) is 22.8. The number of aliphatic hydroxyl groups is 4. The molecule has 284 valence electrons. The van der Waals surface area contributed by atoms with Crippen LogP contribution in [0.4, 0.5) is 0 Å². The molecule has 8 atom stereocenters. The van der Waals surface area contributed by atoms with E-state index in [0.29, 0.717) is 6.42 Å². The van der Waals surface area contributed by atoms with Gasteiger partial charge in [0.1, 0.15) is 37.7 Å². The van der Waals surface area contributed by atoms with Crippen LogP contribution in [0.25, 0.3) is 0 Å². The van der Waals surface area contributed by atoms with Gasteiger partial charge in [-0.05, 0) is 19.3 Å². The van der Waals surface area contributed by atoms with Gasteiger partial charge in [0.05, 0.1) is 37.9 Å². The van der Waals surface area contributed by atoms with Crippen LogP contribution in [0.3, 0.4) is 0 Å². The van der Waals surface area contributed by atoms with Crippen molar-refractivity contribution in [1.29, 1.82) is 0 Å². The first kappa shape index (κ1) is 41.6. The van der Waals surface area contributed by atoms with E-state index < -0.39 is 69.5 Å². The summed E-state index contributed by atoms with van der Waals surface area (Å²) in [5.41, 5.74) is 0. The van der Waals surface area contributed by atoms with Gasteiger partial charge in [0, 0.05) is 51.4 Å². The van der Waals surface area contributed by atoms with Gasteiger partial charge in [0.15, 0.2) is 0 Å². The molecule has 48 heavy (non-hydrogen) atoms. The molecule has 3 fully saturated rings. The largest absolute Gasteiger partial charge is 0.395 e. The van der Waals surface area contributed by atoms with E-state index in [0.717, 1.165) is 19.3 Å². The lowest BCUT2D eigenvalue weighted by Crippen LogP contribution is -2.79. The van der Waals surface area contributed by atoms with Crippen molar-refractivity contribution in [2.24, 2.45) is 0 Å². The molecule has 2 aliphatic heterocycles. The third-order valence-corrected chi connectivity index (χ3v) is 9.58. The Morgan fingerprint density at radius 2 is 0.917 bits per heavy atom. The van der Waals surface area contributed by atoms with Crippen LogP contribution >= 0.6 is 0 Å². The third-order valence-electron chi connectivity index (χ3n) is 8.14. The summed E-state index contributed by atoms with van der Waals surface area (Å²) in [7, 11) is -8.33. The number of hydrogen-bond donors (Lipinski definition) is 16. The Balaban J connectivity index is 1.64. The summed E-state index contributed by atoms with van der Waals surface area (Å²) >= 11 is 0. The summed E-state index contributed by atoms with van der Waals surface area (Å²) in [6.07, 6.45) is 0.226. The topological polar surface area (TPSA) is 316 Å². The van der Waals surface area contributed by atoms with Crippen molar-refractivity contribution < 1.29 is 46.4 Å². The highest BCUT2D eigenvalue weighted by atomic mass is 32.2. The molecule has 8 unspecified atom stereocenters. The maximum atomic E-state index is 11.2. The summed E-state index contributed by atoms with van der Waals surface area (Å²) in [5, 5.41) is 71.2. The SMILES string of the molecule is O=S(=O)(O)CCNC1NC(NC2CCCC(NC3NC(NCCS(=O)(=O)O)NC(N(CCO)CCO)N3)C2)NC(N(CCO)CCO)N1. The van der Waals surface area contributed by atoms with E-state index in [2.05, 4.69) is 53.2 Å². The van der Waals surface area contributed by atoms with Crippen molar-refractivity contribution in [2.75, 3.05) is 77.2 Å². The highest BCUT2D eigenvalue weighted by molar-refractivity contribution is 7.86. The van der Waals surface area contributed by atoms with E-state index in [1.54, 1.807) is 9.80 Å². The minimum Gasteiger partial charge on any atom is -0.395 e. The van der Waals surface area contributed by atoms with Crippen molar-refractivity contribution in [2.45, 2.75) is 75.5 Å². The zero-order chi connectivity index (χ0) is 35.2. The quantitative estimate of drug-likeness (QED) is 0.0459. The minimum atomic E-state index is -4.17. The smallest absolute Gasteiger partial charge is 0.266 e. The number of nitrogens with one attached hydrogen (secondary N) is 10. The van der Waals surface area contributed by atoms with Gasteiger partial charge in [0.2, 0.25) is 0 Å². The summed E-state index contributed by atoms with van der Waals surface area (Å²) in [4.78, 5) is 3.61. The highest BCUT2D eigenvalue weighted by Crippen LogP contribution is 2.20. The fourth-order valence-electron chi connectivity index (χ4n) is 5.99. The first-order valence-corrected chi connectivity index (χ1v) is 19.4. The fraction of sp³-hybridized carbons (Fsp3) is 1.00. The summed E-state index contributed by atoms with van der Waals surface area (Å²) < 4.78 is 63.2. The zero-order valence-electron chi connectivity index (χ0n) is 27.0. The minimum absolute atomic E-state index is 0.0316. The van der Waals surface area contributed by atoms with Crippen molar-refractivity contribution in [3.63, 3.8) is 0 Å². The Bertz CT molecular complexity index is 1040. The molecule has 3 aliphatic rings. The maximum Gasteiger partial charge on any atom is 0.266 e. The molecule has 0 aromatic carbocycles. The summed E-state index contributed by atoms with van der Waals surface area (Å²) in [6, 6.07) is 0.0631. The van der Waals surface area contributed by atoms with Gasteiger partial charge in [-0.3, -0.25) is 72.1 Å². The van der Waals surface area contributed by atoms with Crippen molar-refractivity contribution in [3.05, 3.63) is 0 Å². The van der Waals surface area contributed by atoms with Gasteiger partial charge < -0.3 is 20.4 Å². The molecular weight excluding hydrogens is 680 g/mol. The lowest BCUT2D eigenvalue weighted by atomic mass is 9.91. The van der Waals surface area contributed by atoms with Crippen LogP contribution in [0.1, 0.15) is 25.7 Å². The molecule has 0 bridgehead atoms. The molecule has 0 radical (unpaired) electrons. The third kappa shape index (κ3) is 15.6. The number of aliphatic hydroxyl groups excluding tert-OH is 4. The Morgan fingerprint density at radius 3 is 1.25 bits per heavy atom. The molecule has 22 nitrogen and oxygen atoms in total. The van der Waals surface area contributed by atoms with Crippen LogP contribution in [-0.2, 0) is 20.2 Å². The van der Waals surface area contributed by atoms with Crippen LogP contribution < -0.4 is 53.2 Å². The van der Waals surface area contributed by atoms with E-state index in [9.17, 15) is 37.3 Å². The zero-order valence-corrected chi connectivity index (χ0v) is 28.6. The second-order valence-electron chi connectivity index (χ2n) is 11.9. The molecular formula is C24H56N12O10S2. The van der Waals surface area contributed by atoms with E-state index in [4.69, 9.17) is 9.11 Å². The molecule has 2 saturated heterocycles. The van der Waals surface area contributed by atoms with Crippen LogP contribution in [0, 0.1) is 0 Å². The molecule has 3 rings (SSSR count). The molecule has 1 saturated carbocycles. The van der Waals surface area contributed by atoms with Crippen molar-refractivity contribution >= 4 is 20.2 Å². The molecule has 1 aliphatic carbocycles. The van der Waals surface area contributed by atoms with Gasteiger partial charge in [-0.15, -0.1) is 0 Å². The maximum absolute atomic E-state index is 11.2. The fourth-order valence-corrected chi connectivity index (χ4v) is 6.74. The predicted octanol–water partition coefficient (Wildman–Crippen LogP) is -7.73. The van der Waals surface area contributed by atoms with Crippen LogP contribution in [0.2, 0.25) is 0 Å². The lowest BCUT2D eigenvalue weighted by Gasteiger charge is -2.46. The lowest BCUT2D eigenvalue weighted by molar-refractivity contribution is 0.0149. The number of rotatable bonds is 22. The van der Waals surface area contributed by atoms with Gasteiger partial charge in [-0.1, -0.05) is 6.42 Å². The van der Waals surface area contributed by atoms with E-state index >= 15 is 0 Å². The second-order valence-corrected chi connectivity index (χ2v) is 15.0. The summed E-state index contributed by atoms with van der Waals surface area (Å²) in [6.45, 7) is 0.429. The normalized spacial score (nSPS) is 30.7. The second kappa shape index (κ2) is 20.9. The molecule has 2 heterocycles. The molecule has 24 heteroatoms. The van der Waals surface area contributed by atoms with Crippen molar-refractivity contribution in [3.8, 4) is 0 Å². The molecule has 16 N–H and O–H groups in total. The monoisotopic (exact) mass is 736 g/mol. The van der Waals surface area contributed by atoms with Gasteiger partial charge in [-0.2, -0.15) is 16.8 Å². The van der Waals surface area contributed by atoms with Crippen LogP contribution in [-0.4, -0.2) is 183 Å². The summed E-state index contributed by atoms with van der Waals surface area (Å²) in [5.74, 6) is -0.964. The molecule has 0 spiro atoms. The van der Waals surface area contributed by atoms with Gasteiger partial charge in [-0.25, -0.2) is 0 Å². The predicted molar refractivity (Wildman–Crippen MR) is 174 cm³/mol. The Kier molecular flexibility index (Phi) is 18.1. The Labute approximate surface area is 282 Å². The van der Waals surface area contributed by atoms with Gasteiger partial charge in [0.25, 0.3) is 20.2 Å². The number of nitrogens with zero attached hydrogens (tertiary/aromatic N) is 2. The molecule has 0 aromatic rings. The first-order valence-electron chi connectivity index (χ1n) is 16.2. The Hall–Kier alpha value is -0.820. The average molecular weight is 737 g/mol. The van der Waals surface area contributed by atoms with Crippen LogP contribution in [0.15, 0.2) is 0 Å². The van der Waals surface area contributed by atoms with Gasteiger partial charge >= 0.3 is 0 Å². The van der Waals surface area contributed by atoms with Crippen molar-refractivity contribution in [1.82, 2.24) is 63.0 Å². The van der Waals surface area contributed by atoms with Crippen LogP contribution in [0.5, 0.6) is 0 Å². The number of hydrogen-bond acceptors (Lipinski definition) is 20. The average Bonchev–Trinajstić information content (AvgIpc) is 2.99. The van der Waals surface area contributed by atoms with E-state index in [1.165, 1.54) is 0 Å². The van der Waals surface area contributed by atoms with E-state index in [1.807, 2.05) is 0 Å².